The first-order chi connectivity index (χ1) is 12.4. The number of nitrogens with one attached hydrogen (secondary N) is 1. The third kappa shape index (κ3) is 2.67. The molecule has 2 aliphatic heterocycles. The summed E-state index contributed by atoms with van der Waals surface area (Å²) in [5, 5.41) is 1.18. The van der Waals surface area contributed by atoms with E-state index in [1.807, 2.05) is 0 Å². The second kappa shape index (κ2) is 6.30. The molecule has 0 radical (unpaired) electrons. The summed E-state index contributed by atoms with van der Waals surface area (Å²) in [6, 6.07) is 9.14. The summed E-state index contributed by atoms with van der Waals surface area (Å²) in [4.78, 5) is 17.9. The van der Waals surface area contributed by atoms with Crippen molar-refractivity contribution in [1.29, 1.82) is 0 Å². The molecule has 1 N–H and O–H groups in total. The maximum absolute atomic E-state index is 4.63. The Kier molecular flexibility index (Phi) is 3.82. The Morgan fingerprint density at radius 3 is 2.56 bits per heavy atom. The summed E-state index contributed by atoms with van der Waals surface area (Å²) in [5.41, 5.74) is 3.27. The lowest BCUT2D eigenvalue weighted by molar-refractivity contribution is 0.141. The summed E-state index contributed by atoms with van der Waals surface area (Å²) < 4.78 is 0. The van der Waals surface area contributed by atoms with E-state index in [1.165, 1.54) is 50.6 Å². The van der Waals surface area contributed by atoms with Gasteiger partial charge in [0, 0.05) is 30.0 Å². The van der Waals surface area contributed by atoms with Crippen molar-refractivity contribution < 1.29 is 0 Å². The van der Waals surface area contributed by atoms with Gasteiger partial charge in [-0.1, -0.05) is 24.6 Å². The van der Waals surface area contributed by atoms with Gasteiger partial charge in [0.15, 0.2) is 5.82 Å². The number of aromatic amines is 1. The second-order valence-corrected chi connectivity index (χ2v) is 7.41. The van der Waals surface area contributed by atoms with Crippen LogP contribution >= 0.6 is 0 Å². The Hall–Kier alpha value is -2.14. The maximum Gasteiger partial charge on any atom is 0.156 e. The van der Waals surface area contributed by atoms with E-state index in [9.17, 15) is 0 Å². The van der Waals surface area contributed by atoms with Crippen LogP contribution in [0.25, 0.3) is 21.9 Å². The molecule has 130 valence electrons. The van der Waals surface area contributed by atoms with E-state index in [1.54, 1.807) is 6.33 Å². The monoisotopic (exact) mass is 335 g/mol. The topological polar surface area (TPSA) is 48.1 Å². The number of rotatable bonds is 2. The highest BCUT2D eigenvalue weighted by Gasteiger charge is 2.27. The van der Waals surface area contributed by atoms with Crippen LogP contribution in [0.4, 0.5) is 5.82 Å². The Morgan fingerprint density at radius 2 is 1.72 bits per heavy atom. The lowest BCUT2D eigenvalue weighted by Gasteiger charge is -2.40. The molecule has 0 amide bonds. The van der Waals surface area contributed by atoms with Crippen molar-refractivity contribution in [3.8, 4) is 0 Å². The number of aromatic nitrogens is 3. The largest absolute Gasteiger partial charge is 0.355 e. The van der Waals surface area contributed by atoms with Gasteiger partial charge < -0.3 is 14.8 Å². The highest BCUT2D eigenvalue weighted by atomic mass is 15.2. The highest BCUT2D eigenvalue weighted by Crippen LogP contribution is 2.31. The summed E-state index contributed by atoms with van der Waals surface area (Å²) in [6.45, 7) is 4.76. The zero-order valence-electron chi connectivity index (χ0n) is 14.6. The van der Waals surface area contributed by atoms with Crippen molar-refractivity contribution in [2.75, 3.05) is 31.1 Å². The van der Waals surface area contributed by atoms with Crippen molar-refractivity contribution >= 4 is 27.8 Å². The molecule has 0 saturated carbocycles. The van der Waals surface area contributed by atoms with E-state index >= 15 is 0 Å². The van der Waals surface area contributed by atoms with E-state index < -0.39 is 0 Å². The average molecular weight is 335 g/mol. The van der Waals surface area contributed by atoms with Gasteiger partial charge >= 0.3 is 0 Å². The van der Waals surface area contributed by atoms with Gasteiger partial charge in [-0.3, -0.25) is 0 Å². The fourth-order valence-corrected chi connectivity index (χ4v) is 4.59. The van der Waals surface area contributed by atoms with Crippen molar-refractivity contribution in [1.82, 2.24) is 19.9 Å². The molecule has 0 aliphatic carbocycles. The first-order valence-corrected chi connectivity index (χ1v) is 9.60. The molecule has 2 aliphatic rings. The zero-order chi connectivity index (χ0) is 16.6. The van der Waals surface area contributed by atoms with Crippen molar-refractivity contribution in [3.63, 3.8) is 0 Å². The first kappa shape index (κ1) is 15.1. The molecular weight excluding hydrogens is 310 g/mol. The molecule has 1 aromatic carbocycles. The van der Waals surface area contributed by atoms with Crippen LogP contribution in [0.5, 0.6) is 0 Å². The standard InChI is InChI=1S/C20H25N5/c1-4-10-24(11-5-1)15-8-12-25(13-9-15)20-19-18(21-14-22-20)16-6-2-3-7-17(16)23-19/h2-3,6-7,14-15,23H,1,4-5,8-13H2. The molecule has 0 unspecified atom stereocenters. The van der Waals surface area contributed by atoms with Crippen LogP contribution in [0.15, 0.2) is 30.6 Å². The van der Waals surface area contributed by atoms with E-state index in [0.29, 0.717) is 0 Å². The number of nitrogens with zero attached hydrogens (tertiary/aromatic N) is 4. The maximum atomic E-state index is 4.63. The number of hydrogen-bond donors (Lipinski definition) is 1. The number of fused-ring (bicyclic) bond motifs is 3. The molecule has 2 saturated heterocycles. The lowest BCUT2D eigenvalue weighted by Crippen LogP contribution is -2.47. The van der Waals surface area contributed by atoms with Crippen LogP contribution < -0.4 is 4.90 Å². The van der Waals surface area contributed by atoms with Crippen molar-refractivity contribution in [2.24, 2.45) is 0 Å². The molecule has 5 rings (SSSR count). The van der Waals surface area contributed by atoms with Gasteiger partial charge in [-0.05, 0) is 44.8 Å². The molecule has 0 bridgehead atoms. The van der Waals surface area contributed by atoms with E-state index in [-0.39, 0.29) is 0 Å². The predicted octanol–water partition coefficient (Wildman–Crippen LogP) is 3.57. The van der Waals surface area contributed by atoms with Crippen LogP contribution in [-0.2, 0) is 0 Å². The zero-order valence-corrected chi connectivity index (χ0v) is 14.6. The normalized spacial score (nSPS) is 20.6. The minimum absolute atomic E-state index is 0.761. The van der Waals surface area contributed by atoms with Gasteiger partial charge in [-0.25, -0.2) is 9.97 Å². The molecule has 25 heavy (non-hydrogen) atoms. The molecular formula is C20H25N5. The first-order valence-electron chi connectivity index (χ1n) is 9.60. The van der Waals surface area contributed by atoms with Crippen LogP contribution in [0.3, 0.4) is 0 Å². The number of para-hydroxylation sites is 1. The van der Waals surface area contributed by atoms with E-state index in [4.69, 9.17) is 0 Å². The van der Waals surface area contributed by atoms with Gasteiger partial charge in [0.25, 0.3) is 0 Å². The van der Waals surface area contributed by atoms with Crippen LogP contribution in [0, 0.1) is 0 Å². The minimum atomic E-state index is 0.761. The molecule has 4 heterocycles. The highest BCUT2D eigenvalue weighted by molar-refractivity contribution is 6.08. The molecule has 5 nitrogen and oxygen atoms in total. The number of H-pyrrole nitrogens is 1. The third-order valence-corrected chi connectivity index (χ3v) is 5.94. The van der Waals surface area contributed by atoms with Gasteiger partial charge in [0.1, 0.15) is 17.4 Å². The Labute approximate surface area is 148 Å². The average Bonchev–Trinajstić information content (AvgIpc) is 3.08. The fourth-order valence-electron chi connectivity index (χ4n) is 4.59. The SMILES string of the molecule is c1ccc2c(c1)[nH]c1c(N3CCC(N4CCCCC4)CC3)ncnc12. The van der Waals surface area contributed by atoms with Gasteiger partial charge in [-0.2, -0.15) is 0 Å². The molecule has 2 fully saturated rings. The van der Waals surface area contributed by atoms with Gasteiger partial charge in [0.05, 0.1) is 0 Å². The lowest BCUT2D eigenvalue weighted by atomic mass is 10.00. The van der Waals surface area contributed by atoms with Gasteiger partial charge in [-0.15, -0.1) is 0 Å². The molecule has 0 atom stereocenters. The molecule has 0 spiro atoms. The fraction of sp³-hybridized carbons (Fsp3) is 0.500. The number of piperidine rings is 2. The smallest absolute Gasteiger partial charge is 0.156 e. The van der Waals surface area contributed by atoms with Crippen molar-refractivity contribution in [2.45, 2.75) is 38.1 Å². The van der Waals surface area contributed by atoms with Crippen LogP contribution in [-0.4, -0.2) is 52.1 Å². The molecule has 3 aromatic rings. The van der Waals surface area contributed by atoms with E-state index in [2.05, 4.69) is 49.0 Å². The predicted molar refractivity (Wildman–Crippen MR) is 102 cm³/mol. The number of anilines is 1. The number of likely N-dealkylation sites (tertiary alicyclic amines) is 1. The quantitative estimate of drug-likeness (QED) is 0.778. The Morgan fingerprint density at radius 1 is 0.920 bits per heavy atom. The molecule has 2 aromatic heterocycles. The third-order valence-electron chi connectivity index (χ3n) is 5.94. The summed E-state index contributed by atoms with van der Waals surface area (Å²) in [7, 11) is 0. The second-order valence-electron chi connectivity index (χ2n) is 7.41. The minimum Gasteiger partial charge on any atom is -0.355 e. The molecule has 5 heteroatoms. The van der Waals surface area contributed by atoms with Crippen molar-refractivity contribution in [3.05, 3.63) is 30.6 Å². The number of hydrogen-bond acceptors (Lipinski definition) is 4. The van der Waals surface area contributed by atoms with E-state index in [0.717, 1.165) is 41.5 Å². The Balaban J connectivity index is 1.40. The Bertz CT molecular complexity index is 872. The summed E-state index contributed by atoms with van der Waals surface area (Å²) in [5.74, 6) is 1.07. The van der Waals surface area contributed by atoms with Crippen LogP contribution in [0.2, 0.25) is 0 Å². The van der Waals surface area contributed by atoms with Crippen LogP contribution in [0.1, 0.15) is 32.1 Å². The number of benzene rings is 1. The summed E-state index contributed by atoms with van der Waals surface area (Å²) in [6.07, 6.45) is 8.37. The summed E-state index contributed by atoms with van der Waals surface area (Å²) >= 11 is 0. The van der Waals surface area contributed by atoms with Gasteiger partial charge in [0.2, 0.25) is 0 Å².